The molecule has 4 rings (SSSR count). The molecule has 0 radical (unpaired) electrons. The maximum absolute atomic E-state index is 12.7. The van der Waals surface area contributed by atoms with Crippen LogP contribution in [0.25, 0.3) is 11.0 Å². The Labute approximate surface area is 159 Å². The molecule has 0 saturated carbocycles. The first-order chi connectivity index (χ1) is 13.1. The lowest BCUT2D eigenvalue weighted by Crippen LogP contribution is -2.41. The van der Waals surface area contributed by atoms with Crippen molar-refractivity contribution < 1.29 is 9.53 Å². The van der Waals surface area contributed by atoms with Crippen LogP contribution in [0.15, 0.2) is 48.7 Å². The quantitative estimate of drug-likeness (QED) is 0.709. The van der Waals surface area contributed by atoms with Crippen molar-refractivity contribution in [2.45, 2.75) is 32.8 Å². The highest BCUT2D eigenvalue weighted by Gasteiger charge is 2.25. The molecule has 3 aromatic rings. The third-order valence-electron chi connectivity index (χ3n) is 5.20. The number of piperidine rings is 1. The Hall–Kier alpha value is -2.95. The average Bonchev–Trinajstić information content (AvgIpc) is 2.70. The molecule has 0 bridgehead atoms. The van der Waals surface area contributed by atoms with Crippen LogP contribution in [0.5, 0.6) is 5.88 Å². The molecular weight excluding hydrogens is 338 g/mol. The molecule has 1 aliphatic rings. The predicted molar refractivity (Wildman–Crippen MR) is 105 cm³/mol. The highest BCUT2D eigenvalue weighted by atomic mass is 16.5. The fourth-order valence-electron chi connectivity index (χ4n) is 3.40. The zero-order chi connectivity index (χ0) is 18.8. The zero-order valence-corrected chi connectivity index (χ0v) is 15.7. The van der Waals surface area contributed by atoms with E-state index in [2.05, 4.69) is 16.9 Å². The van der Waals surface area contributed by atoms with Crippen LogP contribution in [0.1, 0.15) is 34.3 Å². The minimum absolute atomic E-state index is 0.0595. The lowest BCUT2D eigenvalue weighted by Gasteiger charge is -2.32. The van der Waals surface area contributed by atoms with Gasteiger partial charge in [0.25, 0.3) is 5.91 Å². The SMILES string of the molecule is Cc1ccc(C(=O)N2CCC(Oc3cnc4ccccc4n3)CC2)cc1C. The van der Waals surface area contributed by atoms with Crippen molar-refractivity contribution >= 4 is 16.9 Å². The number of fused-ring (bicyclic) bond motifs is 1. The Morgan fingerprint density at radius 3 is 2.52 bits per heavy atom. The molecule has 5 nitrogen and oxygen atoms in total. The van der Waals surface area contributed by atoms with Crippen molar-refractivity contribution in [3.05, 3.63) is 65.4 Å². The van der Waals surface area contributed by atoms with Gasteiger partial charge in [0.15, 0.2) is 0 Å². The number of aryl methyl sites for hydroxylation is 2. The van der Waals surface area contributed by atoms with E-state index in [0.29, 0.717) is 19.0 Å². The van der Waals surface area contributed by atoms with Gasteiger partial charge in [0.1, 0.15) is 6.10 Å². The number of benzene rings is 2. The van der Waals surface area contributed by atoms with E-state index >= 15 is 0 Å². The molecule has 5 heteroatoms. The molecule has 138 valence electrons. The standard InChI is InChI=1S/C22H23N3O2/c1-15-7-8-17(13-16(15)2)22(26)25-11-9-18(10-12-25)27-21-14-23-19-5-3-4-6-20(19)24-21/h3-8,13-14,18H,9-12H2,1-2H3. The molecule has 1 amide bonds. The van der Waals surface area contributed by atoms with Crippen molar-refractivity contribution in [3.63, 3.8) is 0 Å². The predicted octanol–water partition coefficient (Wildman–Crippen LogP) is 3.93. The Morgan fingerprint density at radius 2 is 1.78 bits per heavy atom. The smallest absolute Gasteiger partial charge is 0.253 e. The molecule has 1 aromatic heterocycles. The summed E-state index contributed by atoms with van der Waals surface area (Å²) in [6, 6.07) is 13.7. The van der Waals surface area contributed by atoms with Gasteiger partial charge < -0.3 is 9.64 Å². The van der Waals surface area contributed by atoms with Gasteiger partial charge in [0, 0.05) is 31.5 Å². The number of carbonyl (C=O) groups excluding carboxylic acids is 1. The molecule has 0 aliphatic carbocycles. The zero-order valence-electron chi connectivity index (χ0n) is 15.7. The number of aromatic nitrogens is 2. The van der Waals surface area contributed by atoms with Crippen molar-refractivity contribution in [1.82, 2.24) is 14.9 Å². The summed E-state index contributed by atoms with van der Waals surface area (Å²) in [6.07, 6.45) is 3.33. The first-order valence-corrected chi connectivity index (χ1v) is 9.35. The lowest BCUT2D eigenvalue weighted by atomic mass is 10.0. The maximum atomic E-state index is 12.7. The summed E-state index contributed by atoms with van der Waals surface area (Å²) in [5.41, 5.74) is 4.80. The average molecular weight is 361 g/mol. The van der Waals surface area contributed by atoms with E-state index in [-0.39, 0.29) is 12.0 Å². The molecule has 0 N–H and O–H groups in total. The first-order valence-electron chi connectivity index (χ1n) is 9.35. The van der Waals surface area contributed by atoms with Crippen molar-refractivity contribution in [2.75, 3.05) is 13.1 Å². The number of likely N-dealkylation sites (tertiary alicyclic amines) is 1. The van der Waals surface area contributed by atoms with E-state index < -0.39 is 0 Å². The highest BCUT2D eigenvalue weighted by molar-refractivity contribution is 5.94. The van der Waals surface area contributed by atoms with Crippen LogP contribution < -0.4 is 4.74 Å². The lowest BCUT2D eigenvalue weighted by molar-refractivity contribution is 0.0588. The van der Waals surface area contributed by atoms with Crippen LogP contribution in [0.3, 0.4) is 0 Å². The molecule has 0 unspecified atom stereocenters. The number of rotatable bonds is 3. The summed E-state index contributed by atoms with van der Waals surface area (Å²) in [6.45, 7) is 5.48. The van der Waals surface area contributed by atoms with Crippen molar-refractivity contribution in [3.8, 4) is 5.88 Å². The number of para-hydroxylation sites is 2. The van der Waals surface area contributed by atoms with Gasteiger partial charge in [-0.2, -0.15) is 0 Å². The topological polar surface area (TPSA) is 55.3 Å². The Kier molecular flexibility index (Phi) is 4.75. The van der Waals surface area contributed by atoms with Gasteiger partial charge in [0.2, 0.25) is 5.88 Å². The Balaban J connectivity index is 1.38. The minimum Gasteiger partial charge on any atom is -0.473 e. The van der Waals surface area contributed by atoms with Crippen LogP contribution in [-0.4, -0.2) is 40.0 Å². The number of hydrogen-bond donors (Lipinski definition) is 0. The maximum Gasteiger partial charge on any atom is 0.253 e. The normalized spacial score (nSPS) is 15.1. The number of nitrogens with zero attached hydrogens (tertiary/aromatic N) is 3. The summed E-state index contributed by atoms with van der Waals surface area (Å²) in [7, 11) is 0. The highest BCUT2D eigenvalue weighted by Crippen LogP contribution is 2.21. The van der Waals surface area contributed by atoms with Gasteiger partial charge in [-0.3, -0.25) is 4.79 Å². The molecular formula is C22H23N3O2. The van der Waals surface area contributed by atoms with Gasteiger partial charge >= 0.3 is 0 Å². The van der Waals surface area contributed by atoms with Gasteiger partial charge in [-0.15, -0.1) is 0 Å². The number of hydrogen-bond acceptors (Lipinski definition) is 4. The summed E-state index contributed by atoms with van der Waals surface area (Å²) < 4.78 is 6.02. The second-order valence-corrected chi connectivity index (χ2v) is 7.11. The van der Waals surface area contributed by atoms with Crippen LogP contribution in [0, 0.1) is 13.8 Å². The third-order valence-corrected chi connectivity index (χ3v) is 5.20. The van der Waals surface area contributed by atoms with Crippen LogP contribution in [0.2, 0.25) is 0 Å². The van der Waals surface area contributed by atoms with Crippen LogP contribution >= 0.6 is 0 Å². The fraction of sp³-hybridized carbons (Fsp3) is 0.318. The number of ether oxygens (including phenoxy) is 1. The molecule has 1 fully saturated rings. The van der Waals surface area contributed by atoms with Crippen LogP contribution in [-0.2, 0) is 0 Å². The van der Waals surface area contributed by atoms with E-state index in [9.17, 15) is 4.79 Å². The first kappa shape index (κ1) is 17.5. The van der Waals surface area contributed by atoms with Crippen LogP contribution in [0.4, 0.5) is 0 Å². The second kappa shape index (κ2) is 7.35. The summed E-state index contributed by atoms with van der Waals surface area (Å²) >= 11 is 0. The van der Waals surface area contributed by atoms with E-state index in [1.807, 2.05) is 54.3 Å². The molecule has 0 atom stereocenters. The van der Waals surface area contributed by atoms with E-state index in [1.165, 1.54) is 5.56 Å². The summed E-state index contributed by atoms with van der Waals surface area (Å²) in [5, 5.41) is 0. The molecule has 2 aromatic carbocycles. The van der Waals surface area contributed by atoms with Gasteiger partial charge in [-0.05, 0) is 49.2 Å². The van der Waals surface area contributed by atoms with E-state index in [0.717, 1.165) is 35.0 Å². The van der Waals surface area contributed by atoms with Gasteiger partial charge in [0.05, 0.1) is 17.2 Å². The van der Waals surface area contributed by atoms with Gasteiger partial charge in [-0.1, -0.05) is 18.2 Å². The number of amides is 1. The number of carbonyl (C=O) groups is 1. The van der Waals surface area contributed by atoms with Crippen molar-refractivity contribution in [2.24, 2.45) is 0 Å². The summed E-state index contributed by atoms with van der Waals surface area (Å²) in [5.74, 6) is 0.648. The van der Waals surface area contributed by atoms with E-state index in [1.54, 1.807) is 6.20 Å². The van der Waals surface area contributed by atoms with Gasteiger partial charge in [-0.25, -0.2) is 9.97 Å². The monoisotopic (exact) mass is 361 g/mol. The summed E-state index contributed by atoms with van der Waals surface area (Å²) in [4.78, 5) is 23.6. The minimum atomic E-state index is 0.0595. The molecule has 27 heavy (non-hydrogen) atoms. The Bertz CT molecular complexity index is 978. The Morgan fingerprint density at radius 1 is 1.04 bits per heavy atom. The molecule has 2 heterocycles. The van der Waals surface area contributed by atoms with E-state index in [4.69, 9.17) is 4.74 Å². The van der Waals surface area contributed by atoms with Crippen molar-refractivity contribution in [1.29, 1.82) is 0 Å². The third kappa shape index (κ3) is 3.77. The second-order valence-electron chi connectivity index (χ2n) is 7.11. The fourth-order valence-corrected chi connectivity index (χ4v) is 3.40. The molecule has 1 aliphatic heterocycles. The molecule has 0 spiro atoms. The largest absolute Gasteiger partial charge is 0.473 e. The molecule has 1 saturated heterocycles.